The number of hydrogen-bond acceptors (Lipinski definition) is 4. The van der Waals surface area contributed by atoms with Crippen LogP contribution in [0.2, 0.25) is 0 Å². The van der Waals surface area contributed by atoms with Crippen LogP contribution in [0.15, 0.2) is 42.5 Å². The molecule has 7 heteroatoms. The summed E-state index contributed by atoms with van der Waals surface area (Å²) in [6, 6.07) is 12.5. The van der Waals surface area contributed by atoms with Gasteiger partial charge in [0.2, 0.25) is 0 Å². The highest BCUT2D eigenvalue weighted by atomic mass is 32.1. The monoisotopic (exact) mass is 417 g/mol. The van der Waals surface area contributed by atoms with Crippen LogP contribution in [-0.2, 0) is 11.3 Å². The van der Waals surface area contributed by atoms with Gasteiger partial charge in [0.25, 0.3) is 0 Å². The Hall–Kier alpha value is -2.22. The molecule has 1 aliphatic heterocycles. The number of aryl methyl sites for hydroxylation is 1. The molecule has 1 N–H and O–H groups in total. The largest absolute Gasteiger partial charge is 0.496 e. The molecule has 0 bridgehead atoms. The number of ether oxygens (including phenoxy) is 2. The average molecular weight is 418 g/mol. The van der Waals surface area contributed by atoms with Gasteiger partial charge < -0.3 is 19.7 Å². The lowest BCUT2D eigenvalue weighted by Gasteiger charge is -2.31. The van der Waals surface area contributed by atoms with E-state index >= 15 is 0 Å². The van der Waals surface area contributed by atoms with Gasteiger partial charge in [-0.2, -0.15) is 0 Å². The molecule has 1 heterocycles. The summed E-state index contributed by atoms with van der Waals surface area (Å²) in [6.45, 7) is 7.67. The summed E-state index contributed by atoms with van der Waals surface area (Å²) in [5.74, 6) is 0.581. The summed E-state index contributed by atoms with van der Waals surface area (Å²) in [7, 11) is 1.66. The van der Waals surface area contributed by atoms with Crippen molar-refractivity contribution in [2.75, 3.05) is 51.8 Å². The normalized spacial score (nSPS) is 14.4. The second kappa shape index (κ2) is 10.5. The second-order valence-corrected chi connectivity index (χ2v) is 7.50. The molecular formula is C22H28FN3O2S. The molecule has 1 fully saturated rings. The quantitative estimate of drug-likeness (QED) is 0.693. The van der Waals surface area contributed by atoms with Gasteiger partial charge in [-0.25, -0.2) is 4.39 Å². The molecule has 0 aliphatic carbocycles. The Labute approximate surface area is 177 Å². The minimum absolute atomic E-state index is 0.235. The zero-order chi connectivity index (χ0) is 20.6. The Balaban J connectivity index is 1.69. The zero-order valence-corrected chi connectivity index (χ0v) is 17.8. The van der Waals surface area contributed by atoms with Crippen LogP contribution >= 0.6 is 12.2 Å². The Morgan fingerprint density at radius 3 is 2.62 bits per heavy atom. The Kier molecular flexibility index (Phi) is 7.80. The highest BCUT2D eigenvalue weighted by molar-refractivity contribution is 7.80. The van der Waals surface area contributed by atoms with Crippen molar-refractivity contribution in [2.24, 2.45) is 0 Å². The van der Waals surface area contributed by atoms with E-state index in [1.807, 2.05) is 25.1 Å². The van der Waals surface area contributed by atoms with Crippen LogP contribution in [-0.4, -0.2) is 61.4 Å². The Bertz CT molecular complexity index is 810. The first-order valence-electron chi connectivity index (χ1n) is 9.80. The van der Waals surface area contributed by atoms with Crippen LogP contribution in [0.1, 0.15) is 11.1 Å². The van der Waals surface area contributed by atoms with E-state index in [9.17, 15) is 4.39 Å². The molecule has 0 unspecified atom stereocenters. The van der Waals surface area contributed by atoms with Crippen molar-refractivity contribution < 1.29 is 13.9 Å². The first-order valence-corrected chi connectivity index (χ1v) is 10.2. The molecule has 29 heavy (non-hydrogen) atoms. The van der Waals surface area contributed by atoms with E-state index in [2.05, 4.69) is 15.1 Å². The van der Waals surface area contributed by atoms with Crippen LogP contribution in [0.25, 0.3) is 0 Å². The lowest BCUT2D eigenvalue weighted by molar-refractivity contribution is 0.0358. The van der Waals surface area contributed by atoms with Gasteiger partial charge in [0.1, 0.15) is 11.6 Å². The van der Waals surface area contributed by atoms with E-state index in [0.29, 0.717) is 11.7 Å². The van der Waals surface area contributed by atoms with Crippen molar-refractivity contribution in [3.05, 3.63) is 59.4 Å². The number of anilines is 1. The molecule has 0 radical (unpaired) electrons. The maximum atomic E-state index is 13.3. The molecule has 2 aromatic carbocycles. The number of nitrogens with one attached hydrogen (secondary N) is 1. The molecular weight excluding hydrogens is 389 g/mol. The zero-order valence-electron chi connectivity index (χ0n) is 17.0. The average Bonchev–Trinajstić information content (AvgIpc) is 2.74. The molecule has 5 nitrogen and oxygen atoms in total. The molecule has 1 saturated heterocycles. The van der Waals surface area contributed by atoms with Gasteiger partial charge >= 0.3 is 0 Å². The number of rotatable bonds is 7. The number of benzene rings is 2. The van der Waals surface area contributed by atoms with Crippen molar-refractivity contribution in [3.8, 4) is 5.75 Å². The van der Waals surface area contributed by atoms with E-state index in [-0.39, 0.29) is 5.82 Å². The molecule has 0 saturated carbocycles. The predicted molar refractivity (Wildman–Crippen MR) is 118 cm³/mol. The van der Waals surface area contributed by atoms with Crippen LogP contribution < -0.4 is 10.1 Å². The summed E-state index contributed by atoms with van der Waals surface area (Å²) in [4.78, 5) is 4.49. The van der Waals surface area contributed by atoms with Crippen LogP contribution in [0.4, 0.5) is 10.1 Å². The first-order chi connectivity index (χ1) is 14.0. The van der Waals surface area contributed by atoms with Gasteiger partial charge in [-0.05, 0) is 48.5 Å². The van der Waals surface area contributed by atoms with Gasteiger partial charge in [-0.1, -0.05) is 18.2 Å². The maximum Gasteiger partial charge on any atom is 0.173 e. The molecule has 1 aliphatic rings. The lowest BCUT2D eigenvalue weighted by Crippen LogP contribution is -2.43. The van der Waals surface area contributed by atoms with E-state index < -0.39 is 0 Å². The first kappa shape index (κ1) is 21.5. The fraction of sp³-hybridized carbons (Fsp3) is 0.409. The van der Waals surface area contributed by atoms with Crippen molar-refractivity contribution >= 4 is 23.0 Å². The van der Waals surface area contributed by atoms with Crippen molar-refractivity contribution in [1.29, 1.82) is 0 Å². The van der Waals surface area contributed by atoms with Gasteiger partial charge in [0.05, 0.1) is 20.3 Å². The highest BCUT2D eigenvalue weighted by Crippen LogP contribution is 2.22. The Morgan fingerprint density at radius 1 is 1.21 bits per heavy atom. The standard InChI is InChI=1S/C22H28FN3O2S/c1-17-3-8-20(15-21(17)27-2)24-22(29)26(10-9-25-11-13-28-14-12-25)16-18-4-6-19(23)7-5-18/h3-8,15H,9-14,16H2,1-2H3,(H,24,29). The number of halogens is 1. The summed E-state index contributed by atoms with van der Waals surface area (Å²) in [6.07, 6.45) is 0. The van der Waals surface area contributed by atoms with Crippen molar-refractivity contribution in [3.63, 3.8) is 0 Å². The predicted octanol–water partition coefficient (Wildman–Crippen LogP) is 3.67. The molecule has 0 atom stereocenters. The van der Waals surface area contributed by atoms with Gasteiger partial charge in [0, 0.05) is 44.5 Å². The van der Waals surface area contributed by atoms with E-state index in [4.69, 9.17) is 21.7 Å². The highest BCUT2D eigenvalue weighted by Gasteiger charge is 2.16. The molecule has 0 aromatic heterocycles. The van der Waals surface area contributed by atoms with Crippen LogP contribution in [0.5, 0.6) is 5.75 Å². The van der Waals surface area contributed by atoms with Gasteiger partial charge in [-0.3, -0.25) is 4.90 Å². The SMILES string of the molecule is COc1cc(NC(=S)N(CCN2CCOCC2)Cc2ccc(F)cc2)ccc1C. The van der Waals surface area contributed by atoms with Crippen molar-refractivity contribution in [2.45, 2.75) is 13.5 Å². The second-order valence-electron chi connectivity index (χ2n) is 7.12. The minimum atomic E-state index is -0.235. The molecule has 3 rings (SSSR count). The number of morpholine rings is 1. The van der Waals surface area contributed by atoms with E-state index in [1.54, 1.807) is 19.2 Å². The van der Waals surface area contributed by atoms with Crippen molar-refractivity contribution in [1.82, 2.24) is 9.80 Å². The third-order valence-corrected chi connectivity index (χ3v) is 5.38. The third-order valence-electron chi connectivity index (χ3n) is 5.02. The van der Waals surface area contributed by atoms with Gasteiger partial charge in [-0.15, -0.1) is 0 Å². The van der Waals surface area contributed by atoms with Crippen LogP contribution in [0, 0.1) is 12.7 Å². The Morgan fingerprint density at radius 2 is 1.93 bits per heavy atom. The number of nitrogens with zero attached hydrogens (tertiary/aromatic N) is 2. The number of thiocarbonyl (C=S) groups is 1. The molecule has 156 valence electrons. The smallest absolute Gasteiger partial charge is 0.173 e. The number of hydrogen-bond donors (Lipinski definition) is 1. The van der Waals surface area contributed by atoms with Crippen LogP contribution in [0.3, 0.4) is 0 Å². The van der Waals surface area contributed by atoms with Gasteiger partial charge in [0.15, 0.2) is 5.11 Å². The number of methoxy groups -OCH3 is 1. The maximum absolute atomic E-state index is 13.3. The third kappa shape index (κ3) is 6.39. The van der Waals surface area contributed by atoms with E-state index in [0.717, 1.165) is 62.0 Å². The molecule has 0 amide bonds. The fourth-order valence-corrected chi connectivity index (χ4v) is 3.52. The summed E-state index contributed by atoms with van der Waals surface area (Å²) < 4.78 is 24.1. The topological polar surface area (TPSA) is 37.0 Å². The molecule has 2 aromatic rings. The van der Waals surface area contributed by atoms with E-state index in [1.165, 1.54) is 12.1 Å². The summed E-state index contributed by atoms with van der Waals surface area (Å²) >= 11 is 5.72. The molecule has 0 spiro atoms. The minimum Gasteiger partial charge on any atom is -0.496 e. The lowest BCUT2D eigenvalue weighted by atomic mass is 10.2. The fourth-order valence-electron chi connectivity index (χ4n) is 3.25. The summed E-state index contributed by atoms with van der Waals surface area (Å²) in [5.41, 5.74) is 2.96. The summed E-state index contributed by atoms with van der Waals surface area (Å²) in [5, 5.41) is 3.96.